The summed E-state index contributed by atoms with van der Waals surface area (Å²) >= 11 is 0. The van der Waals surface area contributed by atoms with E-state index in [4.69, 9.17) is 10.5 Å². The third-order valence-electron chi connectivity index (χ3n) is 3.52. The summed E-state index contributed by atoms with van der Waals surface area (Å²) in [5.41, 5.74) is 3.48. The Labute approximate surface area is 114 Å². The molecule has 1 saturated heterocycles. The standard InChI is InChI=1S/C11H16N4O5/c1-11(13-5-17)6(4-16)20-9(8(11)18)15-3-2-7(12)14-10(15)19/h2-3,5-6,8-9,16,18H,4H2,1H3,(H,13,17)(H2,12,14,19)/t6-,8+,9+,11?/m1/s1. The molecule has 9 nitrogen and oxygen atoms in total. The maximum Gasteiger partial charge on any atom is 0.351 e. The van der Waals surface area contributed by atoms with Gasteiger partial charge in [-0.1, -0.05) is 0 Å². The van der Waals surface area contributed by atoms with E-state index >= 15 is 0 Å². The van der Waals surface area contributed by atoms with E-state index < -0.39 is 36.3 Å². The van der Waals surface area contributed by atoms with E-state index in [2.05, 4.69) is 10.3 Å². The molecule has 20 heavy (non-hydrogen) atoms. The largest absolute Gasteiger partial charge is 0.394 e. The van der Waals surface area contributed by atoms with Gasteiger partial charge in [-0.2, -0.15) is 4.98 Å². The van der Waals surface area contributed by atoms with Crippen molar-refractivity contribution in [1.29, 1.82) is 0 Å². The topological polar surface area (TPSA) is 140 Å². The van der Waals surface area contributed by atoms with E-state index in [9.17, 15) is 19.8 Å². The lowest BCUT2D eigenvalue weighted by atomic mass is 9.90. The molecular weight excluding hydrogens is 268 g/mol. The first-order chi connectivity index (χ1) is 9.43. The maximum absolute atomic E-state index is 11.8. The Morgan fingerprint density at radius 1 is 1.70 bits per heavy atom. The highest BCUT2D eigenvalue weighted by atomic mass is 16.5. The van der Waals surface area contributed by atoms with Gasteiger partial charge in [0.15, 0.2) is 6.23 Å². The number of hydrogen-bond donors (Lipinski definition) is 4. The minimum atomic E-state index is -1.24. The molecule has 110 valence electrons. The molecule has 0 aromatic carbocycles. The lowest BCUT2D eigenvalue weighted by molar-refractivity contribution is -0.113. The predicted molar refractivity (Wildman–Crippen MR) is 67.5 cm³/mol. The fraction of sp³-hybridized carbons (Fsp3) is 0.545. The van der Waals surface area contributed by atoms with Crippen molar-refractivity contribution in [2.45, 2.75) is 30.9 Å². The summed E-state index contributed by atoms with van der Waals surface area (Å²) in [4.78, 5) is 26.0. The number of nitrogen functional groups attached to an aromatic ring is 1. The highest BCUT2D eigenvalue weighted by molar-refractivity contribution is 5.49. The SMILES string of the molecule is CC1(NC=O)[C@@H](CO)O[C@H](n2ccc(N)nc2=O)[C@@H]1O. The van der Waals surface area contributed by atoms with Gasteiger partial charge in [-0.25, -0.2) is 4.79 Å². The smallest absolute Gasteiger partial charge is 0.351 e. The minimum Gasteiger partial charge on any atom is -0.394 e. The summed E-state index contributed by atoms with van der Waals surface area (Å²) in [6.45, 7) is 1.09. The van der Waals surface area contributed by atoms with E-state index in [1.165, 1.54) is 19.2 Å². The number of aliphatic hydroxyl groups is 2. The number of aliphatic hydroxyl groups excluding tert-OH is 2. The van der Waals surface area contributed by atoms with Crippen LogP contribution in [0.2, 0.25) is 0 Å². The molecule has 0 spiro atoms. The van der Waals surface area contributed by atoms with Gasteiger partial charge in [0.05, 0.1) is 12.1 Å². The number of nitrogens with zero attached hydrogens (tertiary/aromatic N) is 2. The van der Waals surface area contributed by atoms with E-state index in [0.717, 1.165) is 4.57 Å². The molecule has 1 aliphatic rings. The van der Waals surface area contributed by atoms with Crippen LogP contribution in [0, 0.1) is 0 Å². The number of aromatic nitrogens is 2. The van der Waals surface area contributed by atoms with Gasteiger partial charge in [-0.05, 0) is 13.0 Å². The first kappa shape index (κ1) is 14.4. The number of hydrogen-bond acceptors (Lipinski definition) is 7. The Morgan fingerprint density at radius 2 is 2.40 bits per heavy atom. The van der Waals surface area contributed by atoms with Crippen LogP contribution in [0.15, 0.2) is 17.1 Å². The number of rotatable bonds is 4. The number of ether oxygens (including phenoxy) is 1. The summed E-state index contributed by atoms with van der Waals surface area (Å²) in [7, 11) is 0. The molecule has 9 heteroatoms. The van der Waals surface area contributed by atoms with E-state index in [-0.39, 0.29) is 5.82 Å². The molecule has 1 fully saturated rings. The lowest BCUT2D eigenvalue weighted by Crippen LogP contribution is -2.57. The van der Waals surface area contributed by atoms with Crippen LogP contribution in [-0.4, -0.2) is 50.5 Å². The van der Waals surface area contributed by atoms with Crippen molar-refractivity contribution < 1.29 is 19.7 Å². The summed E-state index contributed by atoms with van der Waals surface area (Å²) in [5, 5.41) is 22.0. The molecule has 1 aliphatic heterocycles. The summed E-state index contributed by atoms with van der Waals surface area (Å²) in [6, 6.07) is 1.38. The van der Waals surface area contributed by atoms with Gasteiger partial charge in [0.1, 0.15) is 18.0 Å². The van der Waals surface area contributed by atoms with Crippen molar-refractivity contribution in [2.75, 3.05) is 12.3 Å². The van der Waals surface area contributed by atoms with Gasteiger partial charge >= 0.3 is 5.69 Å². The van der Waals surface area contributed by atoms with Crippen LogP contribution in [-0.2, 0) is 9.53 Å². The Morgan fingerprint density at radius 3 is 2.95 bits per heavy atom. The van der Waals surface area contributed by atoms with Crippen LogP contribution < -0.4 is 16.7 Å². The fourth-order valence-electron chi connectivity index (χ4n) is 2.25. The molecule has 1 aromatic rings. The average Bonchev–Trinajstić information content (AvgIpc) is 2.63. The van der Waals surface area contributed by atoms with Crippen LogP contribution >= 0.6 is 0 Å². The number of anilines is 1. The molecule has 0 saturated carbocycles. The van der Waals surface area contributed by atoms with Crippen LogP contribution in [0.5, 0.6) is 0 Å². The summed E-state index contributed by atoms with van der Waals surface area (Å²) in [6.07, 6.45) is -1.45. The molecule has 5 N–H and O–H groups in total. The van der Waals surface area contributed by atoms with Crippen LogP contribution in [0.3, 0.4) is 0 Å². The van der Waals surface area contributed by atoms with Crippen LogP contribution in [0.4, 0.5) is 5.82 Å². The molecule has 1 amide bonds. The van der Waals surface area contributed by atoms with Crippen molar-refractivity contribution in [3.05, 3.63) is 22.7 Å². The van der Waals surface area contributed by atoms with Crippen molar-refractivity contribution >= 4 is 12.2 Å². The quantitative estimate of drug-likeness (QED) is 0.451. The van der Waals surface area contributed by atoms with Gasteiger partial charge < -0.3 is 26.0 Å². The van der Waals surface area contributed by atoms with Gasteiger partial charge in [-0.3, -0.25) is 9.36 Å². The lowest BCUT2D eigenvalue weighted by Gasteiger charge is -2.30. The van der Waals surface area contributed by atoms with Gasteiger partial charge in [0, 0.05) is 6.20 Å². The number of amides is 1. The van der Waals surface area contributed by atoms with Crippen molar-refractivity contribution in [3.8, 4) is 0 Å². The molecule has 2 rings (SSSR count). The van der Waals surface area contributed by atoms with E-state index in [1.54, 1.807) is 0 Å². The summed E-state index contributed by atoms with van der Waals surface area (Å²) < 4.78 is 6.52. The molecule has 4 atom stereocenters. The Hall–Kier alpha value is -1.97. The zero-order valence-electron chi connectivity index (χ0n) is 10.8. The first-order valence-electron chi connectivity index (χ1n) is 5.94. The second kappa shape index (κ2) is 5.19. The molecule has 2 heterocycles. The third kappa shape index (κ3) is 2.15. The Bertz CT molecular complexity index is 562. The van der Waals surface area contributed by atoms with Crippen molar-refractivity contribution in [3.63, 3.8) is 0 Å². The third-order valence-corrected chi connectivity index (χ3v) is 3.52. The average molecular weight is 284 g/mol. The van der Waals surface area contributed by atoms with Crippen molar-refractivity contribution in [1.82, 2.24) is 14.9 Å². The first-order valence-corrected chi connectivity index (χ1v) is 5.94. The molecule has 1 unspecified atom stereocenters. The highest BCUT2D eigenvalue weighted by Gasteiger charge is 2.53. The number of nitrogens with one attached hydrogen (secondary N) is 1. The van der Waals surface area contributed by atoms with Crippen molar-refractivity contribution in [2.24, 2.45) is 0 Å². The molecule has 0 aliphatic carbocycles. The molecule has 1 aromatic heterocycles. The van der Waals surface area contributed by atoms with Gasteiger partial charge in [0.25, 0.3) is 0 Å². The fourth-order valence-corrected chi connectivity index (χ4v) is 2.25. The van der Waals surface area contributed by atoms with Crippen LogP contribution in [0.1, 0.15) is 13.2 Å². The van der Waals surface area contributed by atoms with E-state index in [0.29, 0.717) is 6.41 Å². The second-order valence-corrected chi connectivity index (χ2v) is 4.73. The van der Waals surface area contributed by atoms with Crippen LogP contribution in [0.25, 0.3) is 0 Å². The minimum absolute atomic E-state index is 0.0474. The van der Waals surface area contributed by atoms with Gasteiger partial charge in [-0.15, -0.1) is 0 Å². The normalized spacial score (nSPS) is 33.0. The number of carbonyl (C=O) groups is 1. The van der Waals surface area contributed by atoms with E-state index in [1.807, 2.05) is 0 Å². The zero-order chi connectivity index (χ0) is 14.9. The zero-order valence-corrected chi connectivity index (χ0v) is 10.8. The molecular formula is C11H16N4O5. The second-order valence-electron chi connectivity index (χ2n) is 4.73. The molecule has 0 bridgehead atoms. The Balaban J connectivity index is 2.39. The molecule has 0 radical (unpaired) electrons. The summed E-state index contributed by atoms with van der Waals surface area (Å²) in [5.74, 6) is 0.0474. The maximum atomic E-state index is 11.8. The number of carbonyl (C=O) groups excluding carboxylic acids is 1. The monoisotopic (exact) mass is 284 g/mol. The van der Waals surface area contributed by atoms with Gasteiger partial charge in [0.2, 0.25) is 6.41 Å². The predicted octanol–water partition coefficient (Wildman–Crippen LogP) is -2.42. The Kier molecular flexibility index (Phi) is 3.75. The number of nitrogens with two attached hydrogens (primary N) is 1. The highest BCUT2D eigenvalue weighted by Crippen LogP contribution is 2.35.